The molecule has 1 rings (SSSR count). The topological polar surface area (TPSA) is 42.1 Å². The molecule has 1 atom stereocenters. The second-order valence-electron chi connectivity index (χ2n) is 4.95. The van der Waals surface area contributed by atoms with E-state index in [1.807, 2.05) is 19.2 Å². The van der Waals surface area contributed by atoms with Crippen molar-refractivity contribution < 1.29 is 0 Å². The molecule has 0 saturated carbocycles. The fourth-order valence-electron chi connectivity index (χ4n) is 2.13. The second kappa shape index (κ2) is 7.37. The maximum absolute atomic E-state index is 5.82. The van der Waals surface area contributed by atoms with Gasteiger partial charge >= 0.3 is 0 Å². The lowest BCUT2D eigenvalue weighted by Crippen LogP contribution is -2.29. The summed E-state index contributed by atoms with van der Waals surface area (Å²) >= 11 is 0. The minimum atomic E-state index is 0.00755. The molecule has 3 heteroatoms. The summed E-state index contributed by atoms with van der Waals surface area (Å²) < 4.78 is 0. The zero-order valence-corrected chi connectivity index (χ0v) is 12.2. The molecule has 3 nitrogen and oxygen atoms in total. The van der Waals surface area contributed by atoms with E-state index in [4.69, 9.17) is 5.73 Å². The number of pyridine rings is 1. The van der Waals surface area contributed by atoms with Gasteiger partial charge in [0, 0.05) is 19.1 Å². The molecule has 0 saturated heterocycles. The monoisotopic (exact) mass is 249 g/mol. The van der Waals surface area contributed by atoms with Gasteiger partial charge in [0.05, 0.1) is 17.6 Å². The van der Waals surface area contributed by atoms with E-state index in [0.717, 1.165) is 24.7 Å². The van der Waals surface area contributed by atoms with E-state index >= 15 is 0 Å². The van der Waals surface area contributed by atoms with Crippen LogP contribution in [-0.2, 0) is 0 Å². The first-order chi connectivity index (χ1) is 8.62. The summed E-state index contributed by atoms with van der Waals surface area (Å²) in [5, 5.41) is 0. The first-order valence-corrected chi connectivity index (χ1v) is 7.08. The molecule has 18 heavy (non-hydrogen) atoms. The standard InChI is InChI=1S/C15H27N3/c1-5-13(6-2)11-18(7-3)14-8-9-15(12(4)16)17-10-14/h8-10,12-13H,5-7,11,16H2,1-4H3. The van der Waals surface area contributed by atoms with E-state index in [2.05, 4.69) is 36.7 Å². The molecular formula is C15H27N3. The number of rotatable bonds is 7. The largest absolute Gasteiger partial charge is 0.370 e. The zero-order chi connectivity index (χ0) is 13.5. The van der Waals surface area contributed by atoms with Crippen LogP contribution in [0.5, 0.6) is 0 Å². The molecule has 1 heterocycles. The summed E-state index contributed by atoms with van der Waals surface area (Å²) in [6, 6.07) is 4.18. The number of anilines is 1. The molecule has 1 aromatic heterocycles. The van der Waals surface area contributed by atoms with Crippen LogP contribution in [0.15, 0.2) is 18.3 Å². The lowest BCUT2D eigenvalue weighted by Gasteiger charge is -2.27. The summed E-state index contributed by atoms with van der Waals surface area (Å²) in [7, 11) is 0. The fraction of sp³-hybridized carbons (Fsp3) is 0.667. The van der Waals surface area contributed by atoms with Crippen LogP contribution in [0.2, 0.25) is 0 Å². The number of hydrogen-bond donors (Lipinski definition) is 1. The Bertz CT molecular complexity index is 328. The molecule has 1 unspecified atom stereocenters. The fourth-order valence-corrected chi connectivity index (χ4v) is 2.13. The minimum absolute atomic E-state index is 0.00755. The SMILES string of the molecule is CCC(CC)CN(CC)c1ccc(C(C)N)nc1. The molecule has 0 spiro atoms. The molecule has 0 bridgehead atoms. The van der Waals surface area contributed by atoms with Crippen molar-refractivity contribution in [3.63, 3.8) is 0 Å². The molecule has 0 aromatic carbocycles. The van der Waals surface area contributed by atoms with Gasteiger partial charge in [-0.1, -0.05) is 26.7 Å². The molecule has 0 amide bonds. The summed E-state index contributed by atoms with van der Waals surface area (Å²) in [5.41, 5.74) is 7.98. The number of nitrogens with two attached hydrogens (primary N) is 1. The average molecular weight is 249 g/mol. The Morgan fingerprint density at radius 1 is 1.22 bits per heavy atom. The van der Waals surface area contributed by atoms with Crippen LogP contribution in [0.3, 0.4) is 0 Å². The number of hydrogen-bond acceptors (Lipinski definition) is 3. The van der Waals surface area contributed by atoms with Crippen molar-refractivity contribution in [2.45, 2.75) is 46.6 Å². The van der Waals surface area contributed by atoms with Gasteiger partial charge in [0.2, 0.25) is 0 Å². The molecule has 102 valence electrons. The molecule has 0 radical (unpaired) electrons. The van der Waals surface area contributed by atoms with Gasteiger partial charge in [0.25, 0.3) is 0 Å². The Morgan fingerprint density at radius 2 is 1.89 bits per heavy atom. The van der Waals surface area contributed by atoms with Crippen molar-refractivity contribution in [3.05, 3.63) is 24.0 Å². The quantitative estimate of drug-likeness (QED) is 0.805. The number of aromatic nitrogens is 1. The third-order valence-corrected chi connectivity index (χ3v) is 3.62. The van der Waals surface area contributed by atoms with Gasteiger partial charge in [0.1, 0.15) is 0 Å². The van der Waals surface area contributed by atoms with Crippen molar-refractivity contribution in [2.24, 2.45) is 11.7 Å². The van der Waals surface area contributed by atoms with E-state index in [1.165, 1.54) is 18.5 Å². The lowest BCUT2D eigenvalue weighted by molar-refractivity contribution is 0.486. The van der Waals surface area contributed by atoms with Crippen LogP contribution in [-0.4, -0.2) is 18.1 Å². The molecule has 0 aliphatic carbocycles. The average Bonchev–Trinajstić information content (AvgIpc) is 2.40. The van der Waals surface area contributed by atoms with Gasteiger partial charge in [0.15, 0.2) is 0 Å². The minimum Gasteiger partial charge on any atom is -0.370 e. The van der Waals surface area contributed by atoms with Crippen LogP contribution in [0.4, 0.5) is 5.69 Å². The highest BCUT2D eigenvalue weighted by Gasteiger charge is 2.11. The highest BCUT2D eigenvalue weighted by atomic mass is 15.1. The van der Waals surface area contributed by atoms with Crippen LogP contribution < -0.4 is 10.6 Å². The van der Waals surface area contributed by atoms with Gasteiger partial charge in [-0.05, 0) is 31.9 Å². The van der Waals surface area contributed by atoms with Crippen molar-refractivity contribution in [1.29, 1.82) is 0 Å². The van der Waals surface area contributed by atoms with Crippen molar-refractivity contribution >= 4 is 5.69 Å². The third-order valence-electron chi connectivity index (χ3n) is 3.62. The Morgan fingerprint density at radius 3 is 2.28 bits per heavy atom. The Balaban J connectivity index is 2.75. The molecule has 0 aliphatic heterocycles. The van der Waals surface area contributed by atoms with Crippen LogP contribution in [0, 0.1) is 5.92 Å². The first-order valence-electron chi connectivity index (χ1n) is 7.08. The van der Waals surface area contributed by atoms with Crippen molar-refractivity contribution in [3.8, 4) is 0 Å². The van der Waals surface area contributed by atoms with E-state index in [0.29, 0.717) is 0 Å². The smallest absolute Gasteiger partial charge is 0.0569 e. The number of nitrogens with zero attached hydrogens (tertiary/aromatic N) is 2. The second-order valence-corrected chi connectivity index (χ2v) is 4.95. The first kappa shape index (κ1) is 15.0. The predicted octanol–water partition coefficient (Wildman–Crippen LogP) is 3.36. The van der Waals surface area contributed by atoms with Crippen LogP contribution in [0.25, 0.3) is 0 Å². The van der Waals surface area contributed by atoms with E-state index in [9.17, 15) is 0 Å². The van der Waals surface area contributed by atoms with Gasteiger partial charge in [-0.15, -0.1) is 0 Å². The van der Waals surface area contributed by atoms with Crippen molar-refractivity contribution in [2.75, 3.05) is 18.0 Å². The molecule has 0 fully saturated rings. The summed E-state index contributed by atoms with van der Waals surface area (Å²) in [5.74, 6) is 0.762. The zero-order valence-electron chi connectivity index (χ0n) is 12.2. The highest BCUT2D eigenvalue weighted by Crippen LogP contribution is 2.19. The normalized spacial score (nSPS) is 12.8. The molecular weight excluding hydrogens is 222 g/mol. The predicted molar refractivity (Wildman–Crippen MR) is 78.8 cm³/mol. The van der Waals surface area contributed by atoms with Gasteiger partial charge in [-0.2, -0.15) is 0 Å². The van der Waals surface area contributed by atoms with Crippen LogP contribution >= 0.6 is 0 Å². The van der Waals surface area contributed by atoms with Crippen LogP contribution in [0.1, 0.15) is 52.3 Å². The van der Waals surface area contributed by atoms with Gasteiger partial charge in [-0.25, -0.2) is 0 Å². The third kappa shape index (κ3) is 3.98. The van der Waals surface area contributed by atoms with E-state index < -0.39 is 0 Å². The Labute approximate surface area is 111 Å². The highest BCUT2D eigenvalue weighted by molar-refractivity contribution is 5.44. The summed E-state index contributed by atoms with van der Waals surface area (Å²) in [6.07, 6.45) is 4.42. The van der Waals surface area contributed by atoms with Gasteiger partial charge in [-0.3, -0.25) is 4.98 Å². The molecule has 2 N–H and O–H groups in total. The maximum Gasteiger partial charge on any atom is 0.0569 e. The Hall–Kier alpha value is -1.09. The maximum atomic E-state index is 5.82. The molecule has 0 aliphatic rings. The molecule has 1 aromatic rings. The van der Waals surface area contributed by atoms with Gasteiger partial charge < -0.3 is 10.6 Å². The van der Waals surface area contributed by atoms with Crippen molar-refractivity contribution in [1.82, 2.24) is 4.98 Å². The Kier molecular flexibility index (Phi) is 6.13. The summed E-state index contributed by atoms with van der Waals surface area (Å²) in [4.78, 5) is 6.84. The van der Waals surface area contributed by atoms with E-state index in [1.54, 1.807) is 0 Å². The summed E-state index contributed by atoms with van der Waals surface area (Å²) in [6.45, 7) is 10.8. The van der Waals surface area contributed by atoms with E-state index in [-0.39, 0.29) is 6.04 Å². The lowest BCUT2D eigenvalue weighted by atomic mass is 10.0.